The van der Waals surface area contributed by atoms with Crippen LogP contribution in [0, 0.1) is 10.8 Å². The number of fused-ring (bicyclic) bond motifs is 1. The van der Waals surface area contributed by atoms with E-state index in [2.05, 4.69) is 52.1 Å². The average Bonchev–Trinajstić information content (AvgIpc) is 3.27. The molecule has 2 heterocycles. The lowest BCUT2D eigenvalue weighted by Gasteiger charge is -2.35. The topological polar surface area (TPSA) is 108 Å². The maximum absolute atomic E-state index is 8.85. The molecule has 2 aromatic carbocycles. The fourth-order valence-corrected chi connectivity index (χ4v) is 5.05. The molecule has 7 heteroatoms. The molecule has 1 saturated heterocycles. The molecule has 0 spiro atoms. The van der Waals surface area contributed by atoms with Gasteiger partial charge in [0.25, 0.3) is 0 Å². The van der Waals surface area contributed by atoms with Crippen LogP contribution in [0.1, 0.15) is 47.6 Å². The normalized spacial score (nSPS) is 17.9. The molecule has 1 aliphatic rings. The fraction of sp³-hybridized carbons (Fsp3) is 0.393. The Hall–Kier alpha value is -3.29. The number of nitrogens with zero attached hydrogens (tertiary/aromatic N) is 3. The van der Waals surface area contributed by atoms with Gasteiger partial charge in [0.1, 0.15) is 0 Å². The Balaban J connectivity index is 1.52. The highest BCUT2D eigenvalue weighted by molar-refractivity contribution is 6.14. The van der Waals surface area contributed by atoms with Crippen molar-refractivity contribution in [1.29, 1.82) is 10.8 Å². The summed E-state index contributed by atoms with van der Waals surface area (Å²) in [5.74, 6) is -0.234. The zero-order valence-electron chi connectivity index (χ0n) is 21.0. The number of hydrogen-bond donors (Lipinski definition) is 4. The second-order valence-corrected chi connectivity index (χ2v) is 9.75. The quantitative estimate of drug-likeness (QED) is 0.272. The predicted molar refractivity (Wildman–Crippen MR) is 148 cm³/mol. The van der Waals surface area contributed by atoms with E-state index in [0.29, 0.717) is 23.0 Å². The monoisotopic (exact) mass is 471 g/mol. The van der Waals surface area contributed by atoms with Gasteiger partial charge in [-0.05, 0) is 74.9 Å². The highest BCUT2D eigenvalue weighted by Gasteiger charge is 2.20. The molecule has 2 atom stereocenters. The lowest BCUT2D eigenvalue weighted by Crippen LogP contribution is -2.43. The van der Waals surface area contributed by atoms with E-state index in [1.54, 1.807) is 19.3 Å². The summed E-state index contributed by atoms with van der Waals surface area (Å²) in [6, 6.07) is 14.7. The van der Waals surface area contributed by atoms with Gasteiger partial charge in [0.05, 0.1) is 17.3 Å². The first-order chi connectivity index (χ1) is 16.9. The van der Waals surface area contributed by atoms with Crippen LogP contribution >= 0.6 is 0 Å². The first-order valence-electron chi connectivity index (χ1n) is 12.3. The number of aromatic amines is 1. The second kappa shape index (κ2) is 11.0. The Labute approximate surface area is 208 Å². The number of benzene rings is 2. The zero-order chi connectivity index (χ0) is 24.9. The minimum absolute atomic E-state index is 0.234. The van der Waals surface area contributed by atoms with E-state index in [9.17, 15) is 0 Å². The lowest BCUT2D eigenvalue weighted by molar-refractivity contribution is 0.138. The van der Waals surface area contributed by atoms with E-state index >= 15 is 0 Å². The van der Waals surface area contributed by atoms with Crippen molar-refractivity contribution in [2.75, 3.05) is 40.0 Å². The number of aliphatic imine (C=N–C) groups is 1. The van der Waals surface area contributed by atoms with Crippen molar-refractivity contribution in [1.82, 2.24) is 14.8 Å². The van der Waals surface area contributed by atoms with Gasteiger partial charge >= 0.3 is 0 Å². The molecule has 1 aliphatic heterocycles. The molecule has 184 valence electrons. The van der Waals surface area contributed by atoms with Gasteiger partial charge in [-0.1, -0.05) is 18.6 Å². The maximum Gasteiger partial charge on any atom is 0.0868 e. The van der Waals surface area contributed by atoms with Crippen molar-refractivity contribution in [2.45, 2.75) is 37.8 Å². The van der Waals surface area contributed by atoms with E-state index < -0.39 is 0 Å². The van der Waals surface area contributed by atoms with Gasteiger partial charge in [-0.15, -0.1) is 0 Å². The molecular formula is C28H37N7. The minimum Gasteiger partial charge on any atom is -0.398 e. The molecule has 0 amide bonds. The number of hydrogen-bond acceptors (Lipinski definition) is 6. The Bertz CT molecular complexity index is 1230. The first kappa shape index (κ1) is 24.8. The first-order valence-corrected chi connectivity index (χ1v) is 12.3. The highest BCUT2D eigenvalue weighted by atomic mass is 15.2. The van der Waals surface area contributed by atoms with Crippen LogP contribution in [0.25, 0.3) is 10.9 Å². The number of likely N-dealkylation sites (N-methyl/N-ethyl adjacent to an activating group) is 2. The van der Waals surface area contributed by atoms with Gasteiger partial charge in [0.15, 0.2) is 0 Å². The molecule has 4 rings (SSSR count). The highest BCUT2D eigenvalue weighted by Crippen LogP contribution is 2.25. The third-order valence-corrected chi connectivity index (χ3v) is 7.07. The van der Waals surface area contributed by atoms with E-state index in [0.717, 1.165) is 35.2 Å². The van der Waals surface area contributed by atoms with Crippen LogP contribution in [0.15, 0.2) is 47.5 Å². The van der Waals surface area contributed by atoms with E-state index in [1.807, 2.05) is 18.2 Å². The van der Waals surface area contributed by atoms with E-state index in [-0.39, 0.29) is 5.92 Å². The molecule has 2 unspecified atom stereocenters. The predicted octanol–water partition coefficient (Wildman–Crippen LogP) is 4.52. The number of aromatic nitrogens is 1. The summed E-state index contributed by atoms with van der Waals surface area (Å²) in [5.41, 5.74) is 11.7. The van der Waals surface area contributed by atoms with Crippen molar-refractivity contribution in [3.8, 4) is 0 Å². The summed E-state index contributed by atoms with van der Waals surface area (Å²) in [6.45, 7) is 3.17. The van der Waals surface area contributed by atoms with Crippen molar-refractivity contribution >= 4 is 34.7 Å². The minimum atomic E-state index is -0.234. The summed E-state index contributed by atoms with van der Waals surface area (Å²) >= 11 is 0. The van der Waals surface area contributed by atoms with Crippen LogP contribution in [-0.2, 0) is 6.54 Å². The number of H-pyrrole nitrogens is 1. The summed E-state index contributed by atoms with van der Waals surface area (Å²) in [6.07, 6.45) is 6.98. The number of rotatable bonds is 9. The molecule has 0 radical (unpaired) electrons. The van der Waals surface area contributed by atoms with Crippen molar-refractivity contribution in [3.63, 3.8) is 0 Å². The van der Waals surface area contributed by atoms with Crippen LogP contribution in [0.3, 0.4) is 0 Å². The Morgan fingerprint density at radius 3 is 2.83 bits per heavy atom. The van der Waals surface area contributed by atoms with Crippen molar-refractivity contribution in [2.24, 2.45) is 4.99 Å². The number of anilines is 1. The zero-order valence-corrected chi connectivity index (χ0v) is 21.0. The molecule has 0 aliphatic carbocycles. The summed E-state index contributed by atoms with van der Waals surface area (Å²) in [7, 11) is 6.14. The standard InChI is InChI=1S/C28H37N7/c1-32-16-22(15-29)20-8-9-25(30)24(13-20)28(31)27-14-21-12-19(7-10-26(21)33-27)17-34(2)18-23-6-4-5-11-35(23)3/h7-10,12-16,22-23,29,31,33H,4-6,11,17-18,30H2,1-3H3. The Morgan fingerprint density at radius 2 is 2.09 bits per heavy atom. The molecule has 5 N–H and O–H groups in total. The fourth-order valence-electron chi connectivity index (χ4n) is 5.05. The van der Waals surface area contributed by atoms with Gasteiger partial charge in [0, 0.05) is 60.8 Å². The summed E-state index contributed by atoms with van der Waals surface area (Å²) < 4.78 is 0. The molecule has 7 nitrogen and oxygen atoms in total. The number of likely N-dealkylation sites (tertiary alicyclic amines) is 1. The number of piperidine rings is 1. The van der Waals surface area contributed by atoms with Crippen molar-refractivity contribution < 1.29 is 0 Å². The Morgan fingerprint density at radius 1 is 1.26 bits per heavy atom. The van der Waals surface area contributed by atoms with Crippen LogP contribution in [0.4, 0.5) is 5.69 Å². The summed E-state index contributed by atoms with van der Waals surface area (Å²) in [5, 5.41) is 17.7. The van der Waals surface area contributed by atoms with E-state index in [1.165, 1.54) is 37.6 Å². The van der Waals surface area contributed by atoms with Crippen LogP contribution in [-0.4, -0.2) is 73.2 Å². The average molecular weight is 472 g/mol. The Kier molecular flexibility index (Phi) is 7.78. The molecule has 0 bridgehead atoms. The third kappa shape index (κ3) is 5.69. The van der Waals surface area contributed by atoms with Gasteiger partial charge in [0.2, 0.25) is 0 Å². The van der Waals surface area contributed by atoms with Crippen molar-refractivity contribution in [3.05, 3.63) is 64.8 Å². The summed E-state index contributed by atoms with van der Waals surface area (Å²) in [4.78, 5) is 12.4. The van der Waals surface area contributed by atoms with Crippen LogP contribution in [0.2, 0.25) is 0 Å². The lowest BCUT2D eigenvalue weighted by atomic mass is 9.95. The SMILES string of the molecule is CN=CC(C=N)c1ccc(N)c(C(=N)c2cc3cc(CN(C)CC4CCCCN4C)ccc3[nH]2)c1. The van der Waals surface area contributed by atoms with Gasteiger partial charge in [-0.2, -0.15) is 0 Å². The third-order valence-electron chi connectivity index (χ3n) is 7.07. The van der Waals surface area contributed by atoms with Gasteiger partial charge < -0.3 is 25.9 Å². The smallest absolute Gasteiger partial charge is 0.0868 e. The number of nitrogens with two attached hydrogens (primary N) is 1. The van der Waals surface area contributed by atoms with Crippen LogP contribution in [0.5, 0.6) is 0 Å². The molecule has 35 heavy (non-hydrogen) atoms. The molecule has 1 fully saturated rings. The number of nitrogen functional groups attached to an aromatic ring is 1. The van der Waals surface area contributed by atoms with Gasteiger partial charge in [-0.3, -0.25) is 10.4 Å². The second-order valence-electron chi connectivity index (χ2n) is 9.75. The molecule has 3 aromatic rings. The maximum atomic E-state index is 8.85. The number of nitrogens with one attached hydrogen (secondary N) is 3. The van der Waals surface area contributed by atoms with Gasteiger partial charge in [-0.25, -0.2) is 0 Å². The molecule has 1 aromatic heterocycles. The van der Waals surface area contributed by atoms with E-state index in [4.69, 9.17) is 16.6 Å². The van der Waals surface area contributed by atoms with Crippen LogP contribution < -0.4 is 5.73 Å². The molecular weight excluding hydrogens is 434 g/mol. The molecule has 0 saturated carbocycles. The largest absolute Gasteiger partial charge is 0.398 e.